The first-order valence-electron chi connectivity index (χ1n) is 5.92. The summed E-state index contributed by atoms with van der Waals surface area (Å²) in [6.45, 7) is 4.26. The SMILES string of the molecule is CC1(C)CCC(C=NO)c2cc([N+](=O)[O-])ccc21. The molecule has 18 heavy (non-hydrogen) atoms. The summed E-state index contributed by atoms with van der Waals surface area (Å²) < 4.78 is 0. The average molecular weight is 248 g/mol. The van der Waals surface area contributed by atoms with E-state index in [1.165, 1.54) is 6.21 Å². The highest BCUT2D eigenvalue weighted by molar-refractivity contribution is 5.70. The lowest BCUT2D eigenvalue weighted by atomic mass is 9.69. The van der Waals surface area contributed by atoms with E-state index in [0.717, 1.165) is 24.0 Å². The predicted octanol–water partition coefficient (Wildman–Crippen LogP) is 3.21. The molecule has 0 radical (unpaired) electrons. The van der Waals surface area contributed by atoms with Crippen LogP contribution in [0.2, 0.25) is 0 Å². The van der Waals surface area contributed by atoms with E-state index in [1.807, 2.05) is 6.07 Å². The number of benzene rings is 1. The van der Waals surface area contributed by atoms with Gasteiger partial charge in [0.1, 0.15) is 0 Å². The summed E-state index contributed by atoms with van der Waals surface area (Å²) in [5.74, 6) is -0.0436. The Bertz CT molecular complexity index is 509. The molecular formula is C13H16N2O3. The topological polar surface area (TPSA) is 75.7 Å². The molecule has 1 aromatic rings. The molecule has 2 rings (SSSR count). The monoisotopic (exact) mass is 248 g/mol. The van der Waals surface area contributed by atoms with Crippen molar-refractivity contribution in [1.29, 1.82) is 0 Å². The first kappa shape index (κ1) is 12.5. The molecule has 0 aromatic heterocycles. The molecule has 0 amide bonds. The van der Waals surface area contributed by atoms with Crippen LogP contribution in [0.4, 0.5) is 5.69 Å². The largest absolute Gasteiger partial charge is 0.411 e. The minimum absolute atomic E-state index is 0.00422. The first-order valence-corrected chi connectivity index (χ1v) is 5.92. The van der Waals surface area contributed by atoms with Crippen LogP contribution in [0.1, 0.15) is 43.7 Å². The Hall–Kier alpha value is -1.91. The van der Waals surface area contributed by atoms with Gasteiger partial charge in [-0.05, 0) is 29.4 Å². The van der Waals surface area contributed by atoms with Gasteiger partial charge in [0.2, 0.25) is 0 Å². The minimum atomic E-state index is -0.394. The van der Waals surface area contributed by atoms with Crippen LogP contribution in [0, 0.1) is 10.1 Å². The third-order valence-electron chi connectivity index (χ3n) is 3.70. The maximum absolute atomic E-state index is 10.8. The molecule has 0 heterocycles. The summed E-state index contributed by atoms with van der Waals surface area (Å²) in [5, 5.41) is 22.6. The van der Waals surface area contributed by atoms with E-state index < -0.39 is 4.92 Å². The fraction of sp³-hybridized carbons (Fsp3) is 0.462. The van der Waals surface area contributed by atoms with Gasteiger partial charge in [0, 0.05) is 18.1 Å². The van der Waals surface area contributed by atoms with E-state index in [2.05, 4.69) is 19.0 Å². The standard InChI is InChI=1S/C13H16N2O3/c1-13(2)6-5-9(8-14-16)11-7-10(15(17)18)3-4-12(11)13/h3-4,7-9,16H,5-6H2,1-2H3. The molecule has 1 unspecified atom stereocenters. The number of hydrogen-bond donors (Lipinski definition) is 1. The molecule has 5 heteroatoms. The van der Waals surface area contributed by atoms with Crippen molar-refractivity contribution in [3.63, 3.8) is 0 Å². The lowest BCUT2D eigenvalue weighted by Crippen LogP contribution is -2.26. The third-order valence-corrected chi connectivity index (χ3v) is 3.70. The van der Waals surface area contributed by atoms with Crippen LogP contribution in [0.25, 0.3) is 0 Å². The van der Waals surface area contributed by atoms with Crippen LogP contribution in [0.3, 0.4) is 0 Å². The Morgan fingerprint density at radius 1 is 1.56 bits per heavy atom. The van der Waals surface area contributed by atoms with Gasteiger partial charge in [-0.1, -0.05) is 19.9 Å². The third kappa shape index (κ3) is 2.08. The molecule has 1 aliphatic carbocycles. The van der Waals surface area contributed by atoms with Crippen LogP contribution in [0.5, 0.6) is 0 Å². The second-order valence-electron chi connectivity index (χ2n) is 5.32. The lowest BCUT2D eigenvalue weighted by molar-refractivity contribution is -0.385. The number of rotatable bonds is 2. The number of non-ortho nitro benzene ring substituents is 1. The van der Waals surface area contributed by atoms with Crippen molar-refractivity contribution in [1.82, 2.24) is 0 Å². The van der Waals surface area contributed by atoms with Gasteiger partial charge in [0.05, 0.1) is 11.1 Å². The van der Waals surface area contributed by atoms with E-state index >= 15 is 0 Å². The number of fused-ring (bicyclic) bond motifs is 1. The highest BCUT2D eigenvalue weighted by Crippen LogP contribution is 2.43. The number of hydrogen-bond acceptors (Lipinski definition) is 4. The number of oxime groups is 1. The van der Waals surface area contributed by atoms with Gasteiger partial charge in [-0.15, -0.1) is 5.16 Å². The van der Waals surface area contributed by atoms with Crippen LogP contribution in [-0.4, -0.2) is 16.3 Å². The van der Waals surface area contributed by atoms with Crippen molar-refractivity contribution < 1.29 is 10.1 Å². The zero-order chi connectivity index (χ0) is 13.3. The van der Waals surface area contributed by atoms with Crippen molar-refractivity contribution in [2.24, 2.45) is 5.16 Å². The van der Waals surface area contributed by atoms with Crippen LogP contribution >= 0.6 is 0 Å². The van der Waals surface area contributed by atoms with Gasteiger partial charge in [0.25, 0.3) is 5.69 Å². The maximum Gasteiger partial charge on any atom is 0.269 e. The molecule has 5 nitrogen and oxygen atoms in total. The molecule has 0 aliphatic heterocycles. The van der Waals surface area contributed by atoms with Gasteiger partial charge in [0.15, 0.2) is 0 Å². The molecule has 0 saturated heterocycles. The van der Waals surface area contributed by atoms with Gasteiger partial charge < -0.3 is 5.21 Å². The Kier molecular flexibility index (Phi) is 3.07. The van der Waals surface area contributed by atoms with Gasteiger partial charge in [-0.2, -0.15) is 0 Å². The Morgan fingerprint density at radius 2 is 2.28 bits per heavy atom. The van der Waals surface area contributed by atoms with Crippen LogP contribution in [0.15, 0.2) is 23.4 Å². The minimum Gasteiger partial charge on any atom is -0.411 e. The van der Waals surface area contributed by atoms with E-state index in [1.54, 1.807) is 12.1 Å². The van der Waals surface area contributed by atoms with Crippen LogP contribution < -0.4 is 0 Å². The Labute approximate surface area is 105 Å². The van der Waals surface area contributed by atoms with E-state index in [-0.39, 0.29) is 17.0 Å². The van der Waals surface area contributed by atoms with E-state index in [0.29, 0.717) is 0 Å². The molecule has 0 saturated carbocycles. The number of nitro benzene ring substituents is 1. The second-order valence-corrected chi connectivity index (χ2v) is 5.32. The number of nitrogens with zero attached hydrogens (tertiary/aromatic N) is 2. The molecule has 1 aromatic carbocycles. The highest BCUT2D eigenvalue weighted by Gasteiger charge is 2.33. The zero-order valence-corrected chi connectivity index (χ0v) is 10.5. The number of nitro groups is 1. The zero-order valence-electron chi connectivity index (χ0n) is 10.5. The molecule has 96 valence electrons. The molecule has 1 N–H and O–H groups in total. The fourth-order valence-electron chi connectivity index (χ4n) is 2.63. The Morgan fingerprint density at radius 3 is 2.89 bits per heavy atom. The summed E-state index contributed by atoms with van der Waals surface area (Å²) in [4.78, 5) is 10.4. The average Bonchev–Trinajstić information content (AvgIpc) is 2.32. The fourth-order valence-corrected chi connectivity index (χ4v) is 2.63. The summed E-state index contributed by atoms with van der Waals surface area (Å²) in [6.07, 6.45) is 3.26. The van der Waals surface area contributed by atoms with Gasteiger partial charge >= 0.3 is 0 Å². The van der Waals surface area contributed by atoms with Crippen molar-refractivity contribution in [2.45, 2.75) is 38.0 Å². The van der Waals surface area contributed by atoms with Gasteiger partial charge in [-0.3, -0.25) is 10.1 Å². The molecule has 0 bridgehead atoms. The maximum atomic E-state index is 10.8. The van der Waals surface area contributed by atoms with Crippen LogP contribution in [-0.2, 0) is 5.41 Å². The summed E-state index contributed by atoms with van der Waals surface area (Å²) >= 11 is 0. The Balaban J connectivity index is 2.56. The molecule has 0 spiro atoms. The van der Waals surface area contributed by atoms with Crippen molar-refractivity contribution in [2.75, 3.05) is 0 Å². The summed E-state index contributed by atoms with van der Waals surface area (Å²) in [6, 6.07) is 4.96. The molecule has 1 aliphatic rings. The van der Waals surface area contributed by atoms with Gasteiger partial charge in [-0.25, -0.2) is 0 Å². The lowest BCUT2D eigenvalue weighted by Gasteiger charge is -2.35. The highest BCUT2D eigenvalue weighted by atomic mass is 16.6. The first-order chi connectivity index (χ1) is 8.45. The summed E-state index contributed by atoms with van der Waals surface area (Å²) in [7, 11) is 0. The normalized spacial score (nSPS) is 21.8. The summed E-state index contributed by atoms with van der Waals surface area (Å²) in [5.41, 5.74) is 2.09. The second kappa shape index (κ2) is 4.40. The smallest absolute Gasteiger partial charge is 0.269 e. The van der Waals surface area contributed by atoms with Crippen molar-refractivity contribution in [3.05, 3.63) is 39.4 Å². The van der Waals surface area contributed by atoms with Crippen molar-refractivity contribution in [3.8, 4) is 0 Å². The quantitative estimate of drug-likeness (QED) is 0.378. The molecule has 0 fully saturated rings. The molecular weight excluding hydrogens is 232 g/mol. The predicted molar refractivity (Wildman–Crippen MR) is 68.4 cm³/mol. The van der Waals surface area contributed by atoms with Crippen molar-refractivity contribution >= 4 is 11.9 Å². The van der Waals surface area contributed by atoms with E-state index in [4.69, 9.17) is 5.21 Å². The van der Waals surface area contributed by atoms with E-state index in [9.17, 15) is 10.1 Å². The molecule has 1 atom stereocenters.